The van der Waals surface area contributed by atoms with Crippen LogP contribution in [0.2, 0.25) is 0 Å². The molecule has 0 unspecified atom stereocenters. The Labute approximate surface area is 80.6 Å². The molecule has 0 aromatic rings. The molecule has 2 atom stereocenters. The van der Waals surface area contributed by atoms with Gasteiger partial charge in [-0.25, -0.2) is 0 Å². The lowest BCUT2D eigenvalue weighted by molar-refractivity contribution is 0.0457. The first kappa shape index (κ1) is 10.6. The summed E-state index contributed by atoms with van der Waals surface area (Å²) in [6, 6.07) is 0. The molecule has 0 aliphatic carbocycles. The van der Waals surface area contributed by atoms with Crippen LogP contribution < -0.4 is 0 Å². The highest BCUT2D eigenvalue weighted by molar-refractivity contribution is 5.09. The van der Waals surface area contributed by atoms with Gasteiger partial charge in [-0.15, -0.1) is 0 Å². The normalized spacial score (nSPS) is 32.3. The number of aliphatic hydroxyl groups is 1. The van der Waals surface area contributed by atoms with Gasteiger partial charge in [0.05, 0.1) is 0 Å². The first-order chi connectivity index (χ1) is 5.85. The zero-order valence-corrected chi connectivity index (χ0v) is 9.00. The van der Waals surface area contributed by atoms with E-state index < -0.39 is 6.10 Å². The quantitative estimate of drug-likeness (QED) is 0.713. The molecule has 13 heavy (non-hydrogen) atoms. The largest absolute Gasteiger partial charge is 0.492 e. The molecule has 1 heterocycles. The molecule has 1 N–H and O–H groups in total. The maximum atomic E-state index is 9.78. The number of hydrogen-bond acceptors (Lipinski definition) is 2. The standard InChI is InChI=1S/C11H20O2/c1-7(2)6-9-11(4,5)10(12)8(3)13-9/h7,9-10,12H,3,6H2,1-2,4-5H3/t9-,10+/m1/s1. The second-order valence-corrected chi connectivity index (χ2v) is 4.93. The Morgan fingerprint density at radius 2 is 2.08 bits per heavy atom. The monoisotopic (exact) mass is 184 g/mol. The first-order valence-electron chi connectivity index (χ1n) is 4.89. The second kappa shape index (κ2) is 3.33. The molecule has 1 fully saturated rings. The van der Waals surface area contributed by atoms with Crippen molar-refractivity contribution in [2.45, 2.75) is 46.3 Å². The molecule has 0 bridgehead atoms. The summed E-state index contributed by atoms with van der Waals surface area (Å²) in [5, 5.41) is 9.78. The molecule has 0 spiro atoms. The van der Waals surface area contributed by atoms with Crippen molar-refractivity contribution in [3.05, 3.63) is 12.3 Å². The van der Waals surface area contributed by atoms with Gasteiger partial charge in [0, 0.05) is 5.41 Å². The van der Waals surface area contributed by atoms with Gasteiger partial charge in [0.1, 0.15) is 18.0 Å². The van der Waals surface area contributed by atoms with Gasteiger partial charge in [0.2, 0.25) is 0 Å². The summed E-state index contributed by atoms with van der Waals surface area (Å²) < 4.78 is 5.56. The molecule has 0 aromatic heterocycles. The predicted octanol–water partition coefficient (Wildman–Crippen LogP) is 2.33. The summed E-state index contributed by atoms with van der Waals surface area (Å²) in [5.41, 5.74) is -0.193. The minimum absolute atomic E-state index is 0.106. The molecule has 1 aliphatic heterocycles. The zero-order valence-electron chi connectivity index (χ0n) is 9.00. The minimum Gasteiger partial charge on any atom is -0.492 e. The number of ether oxygens (including phenoxy) is 1. The zero-order chi connectivity index (χ0) is 10.2. The molecule has 1 aliphatic rings. The van der Waals surface area contributed by atoms with Crippen LogP contribution in [0.4, 0.5) is 0 Å². The van der Waals surface area contributed by atoms with E-state index in [1.54, 1.807) is 0 Å². The van der Waals surface area contributed by atoms with Crippen molar-refractivity contribution in [2.24, 2.45) is 11.3 Å². The van der Waals surface area contributed by atoms with Gasteiger partial charge in [-0.3, -0.25) is 0 Å². The van der Waals surface area contributed by atoms with E-state index in [1.807, 2.05) is 13.8 Å². The molecule has 1 saturated heterocycles. The van der Waals surface area contributed by atoms with Crippen molar-refractivity contribution in [3.8, 4) is 0 Å². The van der Waals surface area contributed by atoms with Gasteiger partial charge in [-0.2, -0.15) is 0 Å². The van der Waals surface area contributed by atoms with Crippen LogP contribution in [0, 0.1) is 11.3 Å². The third kappa shape index (κ3) is 1.88. The highest BCUT2D eigenvalue weighted by Gasteiger charge is 2.46. The molecule has 0 aromatic carbocycles. The van der Waals surface area contributed by atoms with Crippen LogP contribution in [-0.4, -0.2) is 17.3 Å². The number of hydrogen-bond donors (Lipinski definition) is 1. The van der Waals surface area contributed by atoms with Gasteiger partial charge >= 0.3 is 0 Å². The van der Waals surface area contributed by atoms with Crippen LogP contribution in [0.25, 0.3) is 0 Å². The van der Waals surface area contributed by atoms with Crippen LogP contribution in [0.5, 0.6) is 0 Å². The van der Waals surface area contributed by atoms with Crippen molar-refractivity contribution < 1.29 is 9.84 Å². The molecule has 76 valence electrons. The first-order valence-corrected chi connectivity index (χ1v) is 4.89. The van der Waals surface area contributed by atoms with E-state index in [0.717, 1.165) is 6.42 Å². The van der Waals surface area contributed by atoms with Crippen LogP contribution in [0.3, 0.4) is 0 Å². The molecule has 0 saturated carbocycles. The van der Waals surface area contributed by atoms with Gasteiger partial charge in [-0.1, -0.05) is 34.3 Å². The summed E-state index contributed by atoms with van der Waals surface area (Å²) in [7, 11) is 0. The Morgan fingerprint density at radius 3 is 2.38 bits per heavy atom. The topological polar surface area (TPSA) is 29.5 Å². The van der Waals surface area contributed by atoms with E-state index in [4.69, 9.17) is 4.74 Å². The van der Waals surface area contributed by atoms with Gasteiger partial charge in [-0.05, 0) is 12.3 Å². The molecule has 1 rings (SSSR count). The molecule has 2 heteroatoms. The van der Waals surface area contributed by atoms with Gasteiger partial charge in [0.25, 0.3) is 0 Å². The predicted molar refractivity (Wildman–Crippen MR) is 53.3 cm³/mol. The Morgan fingerprint density at radius 1 is 1.54 bits per heavy atom. The smallest absolute Gasteiger partial charge is 0.119 e. The lowest BCUT2D eigenvalue weighted by Gasteiger charge is -2.27. The van der Waals surface area contributed by atoms with Crippen molar-refractivity contribution in [1.82, 2.24) is 0 Å². The highest BCUT2D eigenvalue weighted by Crippen LogP contribution is 2.42. The summed E-state index contributed by atoms with van der Waals surface area (Å²) >= 11 is 0. The van der Waals surface area contributed by atoms with Gasteiger partial charge in [0.15, 0.2) is 0 Å². The van der Waals surface area contributed by atoms with Gasteiger partial charge < -0.3 is 9.84 Å². The molecular weight excluding hydrogens is 164 g/mol. The lowest BCUT2D eigenvalue weighted by Crippen LogP contribution is -2.34. The van der Waals surface area contributed by atoms with Crippen molar-refractivity contribution in [3.63, 3.8) is 0 Å². The fourth-order valence-electron chi connectivity index (χ4n) is 1.77. The summed E-state index contributed by atoms with van der Waals surface area (Å²) in [4.78, 5) is 0. The Kier molecular flexibility index (Phi) is 2.71. The van der Waals surface area contributed by atoms with E-state index in [2.05, 4.69) is 20.4 Å². The Balaban J connectivity index is 2.72. The van der Waals surface area contributed by atoms with Crippen LogP contribution in [0.15, 0.2) is 12.3 Å². The third-order valence-corrected chi connectivity index (χ3v) is 2.82. The van der Waals surface area contributed by atoms with E-state index >= 15 is 0 Å². The summed E-state index contributed by atoms with van der Waals surface area (Å²) in [6.45, 7) is 12.1. The van der Waals surface area contributed by atoms with Crippen molar-refractivity contribution in [2.75, 3.05) is 0 Å². The Bertz CT molecular complexity index is 206. The average molecular weight is 184 g/mol. The molecule has 0 amide bonds. The number of aliphatic hydroxyl groups excluding tert-OH is 1. The SMILES string of the molecule is C=C1O[C@H](CC(C)C)C(C)(C)[C@H]1O. The van der Waals surface area contributed by atoms with E-state index in [1.165, 1.54) is 0 Å². The van der Waals surface area contributed by atoms with Crippen LogP contribution in [0.1, 0.15) is 34.1 Å². The van der Waals surface area contributed by atoms with Crippen molar-refractivity contribution in [1.29, 1.82) is 0 Å². The van der Waals surface area contributed by atoms with E-state index in [-0.39, 0.29) is 11.5 Å². The fourth-order valence-corrected chi connectivity index (χ4v) is 1.77. The van der Waals surface area contributed by atoms with E-state index in [9.17, 15) is 5.11 Å². The maximum Gasteiger partial charge on any atom is 0.119 e. The maximum absolute atomic E-state index is 9.78. The fraction of sp³-hybridized carbons (Fsp3) is 0.818. The van der Waals surface area contributed by atoms with Crippen LogP contribution in [-0.2, 0) is 4.74 Å². The van der Waals surface area contributed by atoms with Crippen LogP contribution >= 0.6 is 0 Å². The second-order valence-electron chi connectivity index (χ2n) is 4.93. The highest BCUT2D eigenvalue weighted by atomic mass is 16.5. The summed E-state index contributed by atoms with van der Waals surface area (Å²) in [6.07, 6.45) is 0.564. The lowest BCUT2D eigenvalue weighted by atomic mass is 9.79. The molecular formula is C11H20O2. The van der Waals surface area contributed by atoms with E-state index in [0.29, 0.717) is 11.7 Å². The Hall–Kier alpha value is -0.500. The molecule has 0 radical (unpaired) electrons. The minimum atomic E-state index is -0.517. The van der Waals surface area contributed by atoms with Crippen molar-refractivity contribution >= 4 is 0 Å². The molecule has 2 nitrogen and oxygen atoms in total. The average Bonchev–Trinajstić information content (AvgIpc) is 2.15. The third-order valence-electron chi connectivity index (χ3n) is 2.82. The number of rotatable bonds is 2. The summed E-state index contributed by atoms with van der Waals surface area (Å²) in [5.74, 6) is 1.11.